The number of halogens is 1. The molecular weight excluding hydrogens is 528 g/mol. The van der Waals surface area contributed by atoms with Gasteiger partial charge in [0.2, 0.25) is 0 Å². The fourth-order valence-electron chi connectivity index (χ4n) is 3.33. The van der Waals surface area contributed by atoms with Gasteiger partial charge in [-0.1, -0.05) is 33.6 Å². The topological polar surface area (TPSA) is 118 Å². The quantitative estimate of drug-likeness (QED) is 0.167. The van der Waals surface area contributed by atoms with Gasteiger partial charge in [0.1, 0.15) is 5.75 Å². The molecular formula is C26H33BrN4O5. The van der Waals surface area contributed by atoms with E-state index in [0.29, 0.717) is 30.9 Å². The summed E-state index contributed by atoms with van der Waals surface area (Å²) in [5.41, 5.74) is 6.53. The molecule has 3 N–H and O–H groups in total. The van der Waals surface area contributed by atoms with E-state index < -0.39 is 11.8 Å². The fourth-order valence-corrected chi connectivity index (χ4v) is 3.71. The number of anilines is 1. The van der Waals surface area contributed by atoms with Crippen LogP contribution in [-0.4, -0.2) is 49.8 Å². The van der Waals surface area contributed by atoms with Crippen molar-refractivity contribution in [2.75, 3.05) is 25.1 Å². The molecule has 3 amide bonds. The maximum Gasteiger partial charge on any atom is 0.329 e. The van der Waals surface area contributed by atoms with Crippen molar-refractivity contribution in [3.63, 3.8) is 0 Å². The van der Waals surface area contributed by atoms with Crippen LogP contribution >= 0.6 is 15.9 Å². The van der Waals surface area contributed by atoms with E-state index >= 15 is 0 Å². The molecule has 0 aliphatic carbocycles. The molecule has 2 rings (SSSR count). The average Bonchev–Trinajstić information content (AvgIpc) is 2.80. The maximum absolute atomic E-state index is 12.5. The van der Waals surface area contributed by atoms with E-state index in [1.165, 1.54) is 6.21 Å². The van der Waals surface area contributed by atoms with Crippen LogP contribution in [0.5, 0.6) is 5.75 Å². The van der Waals surface area contributed by atoms with Crippen LogP contribution in [0.1, 0.15) is 42.5 Å². The maximum atomic E-state index is 12.5. The highest BCUT2D eigenvalue weighted by atomic mass is 79.9. The Morgan fingerprint density at radius 2 is 1.75 bits per heavy atom. The van der Waals surface area contributed by atoms with Crippen molar-refractivity contribution in [2.45, 2.75) is 47.1 Å². The van der Waals surface area contributed by atoms with Crippen LogP contribution in [0.2, 0.25) is 0 Å². The number of amides is 3. The lowest BCUT2D eigenvalue weighted by molar-refractivity contribution is -0.139. The zero-order valence-corrected chi connectivity index (χ0v) is 22.8. The van der Waals surface area contributed by atoms with Gasteiger partial charge in [-0.25, -0.2) is 5.43 Å². The van der Waals surface area contributed by atoms with Crippen LogP contribution < -0.4 is 20.8 Å². The van der Waals surface area contributed by atoms with Crippen LogP contribution in [0.3, 0.4) is 0 Å². The third-order valence-corrected chi connectivity index (χ3v) is 5.40. The second kappa shape index (κ2) is 14.4. The molecule has 0 atom stereocenters. The Morgan fingerprint density at radius 3 is 2.42 bits per heavy atom. The number of nitrogens with zero attached hydrogens (tertiary/aromatic N) is 1. The lowest BCUT2D eigenvalue weighted by Gasteiger charge is -2.14. The zero-order valence-electron chi connectivity index (χ0n) is 21.2. The number of carbonyl (C=O) groups is 3. The van der Waals surface area contributed by atoms with E-state index in [-0.39, 0.29) is 18.6 Å². The molecule has 0 aromatic heterocycles. The molecule has 36 heavy (non-hydrogen) atoms. The van der Waals surface area contributed by atoms with E-state index in [0.717, 1.165) is 26.9 Å². The summed E-state index contributed by atoms with van der Waals surface area (Å²) in [6.07, 6.45) is 2.05. The van der Waals surface area contributed by atoms with Crippen molar-refractivity contribution in [1.29, 1.82) is 0 Å². The van der Waals surface area contributed by atoms with Gasteiger partial charge in [0, 0.05) is 28.9 Å². The van der Waals surface area contributed by atoms with Crippen LogP contribution in [0.4, 0.5) is 5.69 Å². The van der Waals surface area contributed by atoms with Crippen molar-refractivity contribution >= 4 is 45.6 Å². The SMILES string of the molecule is Cc1cc(C)c(NC(=O)COc2ccc(Br)cc2/C=N\NC(=O)C(=O)NCCCOC(C)C)c(C)c1. The Hall–Kier alpha value is -3.24. The zero-order chi connectivity index (χ0) is 26.7. The lowest BCUT2D eigenvalue weighted by atomic mass is 10.1. The van der Waals surface area contributed by atoms with Gasteiger partial charge < -0.3 is 20.1 Å². The molecule has 0 unspecified atom stereocenters. The molecule has 0 saturated carbocycles. The van der Waals surface area contributed by atoms with Crippen molar-refractivity contribution in [3.8, 4) is 5.75 Å². The lowest BCUT2D eigenvalue weighted by Crippen LogP contribution is -2.38. The first-order valence-electron chi connectivity index (χ1n) is 11.6. The summed E-state index contributed by atoms with van der Waals surface area (Å²) in [4.78, 5) is 36.3. The molecule has 2 aromatic carbocycles. The predicted molar refractivity (Wildman–Crippen MR) is 143 cm³/mol. The molecule has 0 radical (unpaired) electrons. The summed E-state index contributed by atoms with van der Waals surface area (Å²) in [6, 6.07) is 9.15. The summed E-state index contributed by atoms with van der Waals surface area (Å²) in [6.45, 7) is 10.3. The van der Waals surface area contributed by atoms with E-state index in [2.05, 4.69) is 37.1 Å². The first-order chi connectivity index (χ1) is 17.1. The molecule has 0 aliphatic heterocycles. The highest BCUT2D eigenvalue weighted by Gasteiger charge is 2.13. The second-order valence-electron chi connectivity index (χ2n) is 8.52. The number of benzene rings is 2. The first-order valence-corrected chi connectivity index (χ1v) is 12.4. The Balaban J connectivity index is 1.91. The summed E-state index contributed by atoms with van der Waals surface area (Å²) >= 11 is 3.38. The van der Waals surface area contributed by atoms with Crippen LogP contribution in [0, 0.1) is 20.8 Å². The van der Waals surface area contributed by atoms with E-state index in [9.17, 15) is 14.4 Å². The van der Waals surface area contributed by atoms with Gasteiger partial charge in [-0.2, -0.15) is 5.10 Å². The molecule has 10 heteroatoms. The van der Waals surface area contributed by atoms with Gasteiger partial charge in [0.05, 0.1) is 12.3 Å². The Bertz CT molecular complexity index is 1090. The standard InChI is InChI=1S/C26H33BrN4O5/c1-16(2)35-10-6-9-28-25(33)26(34)31-29-14-20-13-21(27)7-8-22(20)36-15-23(32)30-24-18(4)11-17(3)12-19(24)5/h7-8,11-14,16H,6,9-10,15H2,1-5H3,(H,28,33)(H,30,32)(H,31,34)/b29-14-. The van der Waals surface area contributed by atoms with Crippen LogP contribution in [-0.2, 0) is 19.1 Å². The number of ether oxygens (including phenoxy) is 2. The van der Waals surface area contributed by atoms with E-state index in [4.69, 9.17) is 9.47 Å². The fraction of sp³-hybridized carbons (Fsp3) is 0.385. The van der Waals surface area contributed by atoms with Crippen molar-refractivity contribution in [1.82, 2.24) is 10.7 Å². The molecule has 0 heterocycles. The molecule has 194 valence electrons. The van der Waals surface area contributed by atoms with E-state index in [1.54, 1.807) is 18.2 Å². The highest BCUT2D eigenvalue weighted by Crippen LogP contribution is 2.23. The molecule has 0 fully saturated rings. The molecule has 2 aromatic rings. The summed E-state index contributed by atoms with van der Waals surface area (Å²) in [5, 5.41) is 9.25. The van der Waals surface area contributed by atoms with Gasteiger partial charge in [0.15, 0.2) is 6.61 Å². The Labute approximate surface area is 220 Å². The molecule has 0 spiro atoms. The van der Waals surface area contributed by atoms with E-state index in [1.807, 2.05) is 46.8 Å². The number of hydrogen-bond donors (Lipinski definition) is 3. The second-order valence-corrected chi connectivity index (χ2v) is 9.44. The molecule has 0 bridgehead atoms. The minimum atomic E-state index is -0.892. The summed E-state index contributed by atoms with van der Waals surface area (Å²) < 4.78 is 11.8. The molecule has 0 saturated heterocycles. The number of hydrazone groups is 1. The smallest absolute Gasteiger partial charge is 0.329 e. The van der Waals surface area contributed by atoms with Crippen molar-refractivity contribution < 1.29 is 23.9 Å². The Morgan fingerprint density at radius 1 is 1.06 bits per heavy atom. The molecule has 9 nitrogen and oxygen atoms in total. The summed E-state index contributed by atoms with van der Waals surface area (Å²) in [5.74, 6) is -1.60. The van der Waals surface area contributed by atoms with Gasteiger partial charge in [-0.15, -0.1) is 0 Å². The van der Waals surface area contributed by atoms with Gasteiger partial charge in [0.25, 0.3) is 5.91 Å². The number of carbonyl (C=O) groups excluding carboxylic acids is 3. The van der Waals surface area contributed by atoms with Crippen LogP contribution in [0.15, 0.2) is 39.9 Å². The van der Waals surface area contributed by atoms with Gasteiger partial charge >= 0.3 is 11.8 Å². The largest absolute Gasteiger partial charge is 0.483 e. The number of rotatable bonds is 11. The first kappa shape index (κ1) is 29.0. The highest BCUT2D eigenvalue weighted by molar-refractivity contribution is 9.10. The normalized spacial score (nSPS) is 11.0. The predicted octanol–water partition coefficient (Wildman–Crippen LogP) is 3.77. The number of aryl methyl sites for hydroxylation is 3. The third-order valence-electron chi connectivity index (χ3n) is 4.91. The average molecular weight is 561 g/mol. The number of nitrogens with one attached hydrogen (secondary N) is 3. The monoisotopic (exact) mass is 560 g/mol. The molecule has 0 aliphatic rings. The van der Waals surface area contributed by atoms with Gasteiger partial charge in [-0.3, -0.25) is 14.4 Å². The minimum Gasteiger partial charge on any atom is -0.483 e. The summed E-state index contributed by atoms with van der Waals surface area (Å²) in [7, 11) is 0. The third kappa shape index (κ3) is 9.79. The minimum absolute atomic E-state index is 0.112. The Kier molecular flexibility index (Phi) is 11.6. The van der Waals surface area contributed by atoms with Crippen LogP contribution in [0.25, 0.3) is 0 Å². The van der Waals surface area contributed by atoms with Gasteiger partial charge in [-0.05, 0) is 70.4 Å². The van der Waals surface area contributed by atoms with Crippen molar-refractivity contribution in [3.05, 3.63) is 57.1 Å². The van der Waals surface area contributed by atoms with Crippen molar-refractivity contribution in [2.24, 2.45) is 5.10 Å². The number of hydrogen-bond acceptors (Lipinski definition) is 6.